The van der Waals surface area contributed by atoms with Crippen molar-refractivity contribution in [2.75, 3.05) is 5.32 Å². The smallest absolute Gasteiger partial charge is 0.215 e. The zero-order valence-electron chi connectivity index (χ0n) is 9.90. The molecule has 0 spiro atoms. The minimum Gasteiger partial charge on any atom is -0.325 e. The molecule has 0 unspecified atom stereocenters. The number of benzene rings is 2. The summed E-state index contributed by atoms with van der Waals surface area (Å²) in [6.45, 7) is 0. The highest BCUT2D eigenvalue weighted by molar-refractivity contribution is 6.31. The fourth-order valence-corrected chi connectivity index (χ4v) is 1.62. The first-order valence-electron chi connectivity index (χ1n) is 5.52. The fourth-order valence-electron chi connectivity index (χ4n) is 1.45. The summed E-state index contributed by atoms with van der Waals surface area (Å²) in [5.41, 5.74) is 3.25. The number of aliphatic imine (C=N–C) groups is 1. The van der Waals surface area contributed by atoms with Gasteiger partial charge in [-0.05, 0) is 24.3 Å². The standard InChI is InChI=1S/C13H12ClFN4/c14-10-7-4-8-11(12(10)15)18-13(19-16)17-9-5-2-1-3-6-9/h1-8H,16H2,(H2,17,18,19). The van der Waals surface area contributed by atoms with Crippen LogP contribution >= 0.6 is 11.6 Å². The Morgan fingerprint density at radius 1 is 1.11 bits per heavy atom. The maximum atomic E-state index is 13.7. The number of nitrogens with two attached hydrogens (primary N) is 1. The molecule has 0 aliphatic heterocycles. The zero-order valence-corrected chi connectivity index (χ0v) is 10.7. The van der Waals surface area contributed by atoms with Crippen molar-refractivity contribution >= 4 is 28.9 Å². The average molecular weight is 279 g/mol. The molecule has 0 aromatic heterocycles. The van der Waals surface area contributed by atoms with Crippen molar-refractivity contribution in [1.82, 2.24) is 5.43 Å². The molecule has 2 aromatic carbocycles. The topological polar surface area (TPSA) is 62.4 Å². The van der Waals surface area contributed by atoms with E-state index in [4.69, 9.17) is 17.4 Å². The van der Waals surface area contributed by atoms with Crippen molar-refractivity contribution in [2.24, 2.45) is 10.8 Å². The molecule has 0 saturated heterocycles. The van der Waals surface area contributed by atoms with Gasteiger partial charge in [-0.15, -0.1) is 0 Å². The van der Waals surface area contributed by atoms with Crippen molar-refractivity contribution < 1.29 is 4.39 Å². The maximum absolute atomic E-state index is 13.7. The number of guanidine groups is 1. The van der Waals surface area contributed by atoms with Gasteiger partial charge in [-0.3, -0.25) is 5.43 Å². The van der Waals surface area contributed by atoms with Crippen molar-refractivity contribution in [1.29, 1.82) is 0 Å². The molecule has 4 nitrogen and oxygen atoms in total. The average Bonchev–Trinajstić information content (AvgIpc) is 2.44. The van der Waals surface area contributed by atoms with Gasteiger partial charge < -0.3 is 5.32 Å². The van der Waals surface area contributed by atoms with E-state index < -0.39 is 5.82 Å². The molecule has 2 aromatic rings. The van der Waals surface area contributed by atoms with Gasteiger partial charge in [0.15, 0.2) is 5.82 Å². The Morgan fingerprint density at radius 3 is 2.53 bits per heavy atom. The number of para-hydroxylation sites is 1. The Morgan fingerprint density at radius 2 is 1.84 bits per heavy atom. The van der Waals surface area contributed by atoms with Crippen LogP contribution in [0.2, 0.25) is 5.02 Å². The van der Waals surface area contributed by atoms with Crippen LogP contribution in [0, 0.1) is 5.82 Å². The SMILES string of the molecule is NNC(=Nc1cccc(Cl)c1F)Nc1ccccc1. The molecule has 2 rings (SSSR count). The van der Waals surface area contributed by atoms with Gasteiger partial charge in [-0.2, -0.15) is 0 Å². The lowest BCUT2D eigenvalue weighted by atomic mass is 10.3. The van der Waals surface area contributed by atoms with Crippen LogP contribution in [0.15, 0.2) is 53.5 Å². The summed E-state index contributed by atoms with van der Waals surface area (Å²) in [6, 6.07) is 13.8. The summed E-state index contributed by atoms with van der Waals surface area (Å²) in [5.74, 6) is 4.98. The van der Waals surface area contributed by atoms with Crippen LogP contribution in [0.3, 0.4) is 0 Å². The van der Waals surface area contributed by atoms with Gasteiger partial charge in [-0.25, -0.2) is 15.2 Å². The Balaban J connectivity index is 2.26. The highest BCUT2D eigenvalue weighted by atomic mass is 35.5. The first kappa shape index (κ1) is 13.3. The third-order valence-electron chi connectivity index (χ3n) is 2.34. The molecule has 0 atom stereocenters. The predicted octanol–water partition coefficient (Wildman–Crippen LogP) is 3.04. The number of anilines is 1. The Labute approximate surface area is 115 Å². The van der Waals surface area contributed by atoms with E-state index in [1.165, 1.54) is 12.1 Å². The highest BCUT2D eigenvalue weighted by Crippen LogP contribution is 2.24. The third-order valence-corrected chi connectivity index (χ3v) is 2.63. The zero-order chi connectivity index (χ0) is 13.7. The van der Waals surface area contributed by atoms with Crippen molar-refractivity contribution in [2.45, 2.75) is 0 Å². The quantitative estimate of drug-likeness (QED) is 0.342. The van der Waals surface area contributed by atoms with Crippen molar-refractivity contribution in [3.05, 3.63) is 59.4 Å². The van der Waals surface area contributed by atoms with Gasteiger partial charge in [-0.1, -0.05) is 35.9 Å². The van der Waals surface area contributed by atoms with Crippen LogP contribution in [0.25, 0.3) is 0 Å². The number of nitrogens with one attached hydrogen (secondary N) is 2. The van der Waals surface area contributed by atoms with E-state index >= 15 is 0 Å². The number of nitrogens with zero attached hydrogens (tertiary/aromatic N) is 1. The Hall–Kier alpha value is -2.11. The first-order chi connectivity index (χ1) is 9.20. The second kappa shape index (κ2) is 6.17. The van der Waals surface area contributed by atoms with E-state index in [0.717, 1.165) is 5.69 Å². The van der Waals surface area contributed by atoms with Gasteiger partial charge in [0, 0.05) is 5.69 Å². The largest absolute Gasteiger partial charge is 0.325 e. The third kappa shape index (κ3) is 3.43. The molecule has 0 radical (unpaired) electrons. The Kier molecular flexibility index (Phi) is 4.33. The van der Waals surface area contributed by atoms with Crippen molar-refractivity contribution in [3.8, 4) is 0 Å². The van der Waals surface area contributed by atoms with E-state index in [0.29, 0.717) is 0 Å². The lowest BCUT2D eigenvalue weighted by molar-refractivity contribution is 0.630. The number of halogens is 2. The van der Waals surface area contributed by atoms with Gasteiger partial charge >= 0.3 is 0 Å². The molecule has 0 saturated carbocycles. The van der Waals surface area contributed by atoms with E-state index in [1.54, 1.807) is 6.07 Å². The van der Waals surface area contributed by atoms with Crippen LogP contribution in [0.5, 0.6) is 0 Å². The van der Waals surface area contributed by atoms with E-state index in [9.17, 15) is 4.39 Å². The second-order valence-electron chi connectivity index (χ2n) is 3.67. The number of rotatable bonds is 2. The molecule has 0 aliphatic carbocycles. The number of hydrazine groups is 1. The van der Waals surface area contributed by atoms with Crippen LogP contribution in [-0.2, 0) is 0 Å². The molecule has 0 fully saturated rings. The maximum Gasteiger partial charge on any atom is 0.215 e. The van der Waals surface area contributed by atoms with Crippen LogP contribution in [0.1, 0.15) is 0 Å². The summed E-state index contributed by atoms with van der Waals surface area (Å²) in [5, 5.41) is 2.94. The summed E-state index contributed by atoms with van der Waals surface area (Å²) in [4.78, 5) is 4.04. The van der Waals surface area contributed by atoms with Gasteiger partial charge in [0.2, 0.25) is 5.96 Å². The molecule has 98 valence electrons. The molecule has 0 amide bonds. The molecule has 0 heterocycles. The second-order valence-corrected chi connectivity index (χ2v) is 4.08. The molecular formula is C13H12ClFN4. The van der Waals surface area contributed by atoms with Crippen LogP contribution < -0.4 is 16.6 Å². The fraction of sp³-hybridized carbons (Fsp3) is 0. The number of hydrogen-bond acceptors (Lipinski definition) is 2. The van der Waals surface area contributed by atoms with Crippen LogP contribution in [-0.4, -0.2) is 5.96 Å². The molecule has 0 bridgehead atoms. The normalized spacial score (nSPS) is 11.2. The minimum absolute atomic E-state index is 0.0114. The number of hydrogen-bond donors (Lipinski definition) is 3. The molecular weight excluding hydrogens is 267 g/mol. The van der Waals surface area contributed by atoms with Crippen molar-refractivity contribution in [3.63, 3.8) is 0 Å². The molecule has 6 heteroatoms. The van der Waals surface area contributed by atoms with Gasteiger partial charge in [0.1, 0.15) is 5.69 Å². The van der Waals surface area contributed by atoms with E-state index in [1.807, 2.05) is 30.3 Å². The lowest BCUT2D eigenvalue weighted by Gasteiger charge is -2.09. The van der Waals surface area contributed by atoms with E-state index in [-0.39, 0.29) is 16.7 Å². The highest BCUT2D eigenvalue weighted by Gasteiger charge is 2.06. The first-order valence-corrected chi connectivity index (χ1v) is 5.90. The molecule has 4 N–H and O–H groups in total. The summed E-state index contributed by atoms with van der Waals surface area (Å²) < 4.78 is 13.7. The van der Waals surface area contributed by atoms with E-state index in [2.05, 4.69) is 15.7 Å². The minimum atomic E-state index is -0.591. The monoisotopic (exact) mass is 278 g/mol. The lowest BCUT2D eigenvalue weighted by Crippen LogP contribution is -2.36. The van der Waals surface area contributed by atoms with Gasteiger partial charge in [0.25, 0.3) is 0 Å². The van der Waals surface area contributed by atoms with Gasteiger partial charge in [0.05, 0.1) is 5.02 Å². The summed E-state index contributed by atoms with van der Waals surface area (Å²) in [7, 11) is 0. The molecule has 19 heavy (non-hydrogen) atoms. The Bertz CT molecular complexity index is 586. The molecule has 0 aliphatic rings. The summed E-state index contributed by atoms with van der Waals surface area (Å²) >= 11 is 5.68. The van der Waals surface area contributed by atoms with Crippen LogP contribution in [0.4, 0.5) is 15.8 Å². The summed E-state index contributed by atoms with van der Waals surface area (Å²) in [6.07, 6.45) is 0. The predicted molar refractivity (Wildman–Crippen MR) is 75.9 cm³/mol.